The Balaban J connectivity index is 1.33. The number of benzene rings is 4. The molecule has 0 bridgehead atoms. The van der Waals surface area contributed by atoms with Crippen LogP contribution in [0.25, 0.3) is 32.9 Å². The van der Waals surface area contributed by atoms with Gasteiger partial charge in [0.2, 0.25) is 0 Å². The summed E-state index contributed by atoms with van der Waals surface area (Å²) in [6, 6.07) is 32.8. The fourth-order valence-electron chi connectivity index (χ4n) is 5.84. The van der Waals surface area contributed by atoms with E-state index in [9.17, 15) is 0 Å². The molecule has 1 aromatic heterocycles. The maximum absolute atomic E-state index is 6.24. The summed E-state index contributed by atoms with van der Waals surface area (Å²) < 4.78 is 2.60. The summed E-state index contributed by atoms with van der Waals surface area (Å²) >= 11 is 0. The highest BCUT2D eigenvalue weighted by Crippen LogP contribution is 2.44. The molecule has 4 aromatic carbocycles. The number of anilines is 2. The second-order valence-electron chi connectivity index (χ2n) is 9.38. The van der Waals surface area contributed by atoms with E-state index in [1.807, 2.05) is 18.2 Å². The molecule has 3 nitrogen and oxygen atoms in total. The molecule has 1 heterocycles. The Labute approximate surface area is 194 Å². The molecular formula is C30H29N3. The van der Waals surface area contributed by atoms with Crippen LogP contribution in [0, 0.1) is 0 Å². The van der Waals surface area contributed by atoms with Gasteiger partial charge in [-0.3, -0.25) is 0 Å². The van der Waals surface area contributed by atoms with Gasteiger partial charge in [-0.2, -0.15) is 0 Å². The van der Waals surface area contributed by atoms with E-state index in [1.165, 1.54) is 51.3 Å². The maximum atomic E-state index is 6.24. The smallest absolute Gasteiger partial charge is 0.0493 e. The van der Waals surface area contributed by atoms with Gasteiger partial charge >= 0.3 is 0 Å². The van der Waals surface area contributed by atoms with Gasteiger partial charge in [-0.15, -0.1) is 0 Å². The Morgan fingerprint density at radius 3 is 1.82 bits per heavy atom. The highest BCUT2D eigenvalue weighted by atomic mass is 15.0. The first-order chi connectivity index (χ1) is 16.2. The monoisotopic (exact) mass is 431 g/mol. The predicted molar refractivity (Wildman–Crippen MR) is 140 cm³/mol. The van der Waals surface area contributed by atoms with Gasteiger partial charge in [-0.1, -0.05) is 54.6 Å². The molecule has 33 heavy (non-hydrogen) atoms. The van der Waals surface area contributed by atoms with Gasteiger partial charge < -0.3 is 16.0 Å². The fourth-order valence-corrected chi connectivity index (χ4v) is 5.84. The SMILES string of the molecule is Nc1ccc(-c2ccc(N)cc2C2CCC(n3c4ccccc4c4ccccc43)CC2)cc1. The molecule has 1 fully saturated rings. The minimum absolute atomic E-state index is 0.519. The number of nitrogens with two attached hydrogens (primary N) is 2. The largest absolute Gasteiger partial charge is 0.399 e. The van der Waals surface area contributed by atoms with Gasteiger partial charge in [0.25, 0.3) is 0 Å². The lowest BCUT2D eigenvalue weighted by Gasteiger charge is -2.32. The zero-order valence-corrected chi connectivity index (χ0v) is 18.7. The predicted octanol–water partition coefficient (Wildman–Crippen LogP) is 7.52. The summed E-state index contributed by atoms with van der Waals surface area (Å²) in [6.45, 7) is 0. The molecule has 0 spiro atoms. The second-order valence-corrected chi connectivity index (χ2v) is 9.38. The lowest BCUT2D eigenvalue weighted by atomic mass is 9.78. The Kier molecular flexibility index (Phi) is 4.83. The Hall–Kier alpha value is -3.72. The van der Waals surface area contributed by atoms with Crippen LogP contribution in [-0.4, -0.2) is 4.57 Å². The van der Waals surface area contributed by atoms with E-state index < -0.39 is 0 Å². The van der Waals surface area contributed by atoms with Crippen molar-refractivity contribution >= 4 is 33.2 Å². The third kappa shape index (κ3) is 3.45. The minimum atomic E-state index is 0.519. The summed E-state index contributed by atoms with van der Waals surface area (Å²) in [7, 11) is 0. The molecule has 6 rings (SSSR count). The molecule has 0 saturated heterocycles. The highest BCUT2D eigenvalue weighted by molar-refractivity contribution is 6.08. The van der Waals surface area contributed by atoms with Crippen molar-refractivity contribution < 1.29 is 0 Å². The van der Waals surface area contributed by atoms with Crippen LogP contribution in [0.15, 0.2) is 91.0 Å². The number of hydrogen-bond donors (Lipinski definition) is 2. The Bertz CT molecular complexity index is 1380. The summed E-state index contributed by atoms with van der Waals surface area (Å²) in [6.07, 6.45) is 4.67. The zero-order chi connectivity index (χ0) is 22.4. The number of hydrogen-bond acceptors (Lipinski definition) is 2. The average molecular weight is 432 g/mol. The summed E-state index contributed by atoms with van der Waals surface area (Å²) in [5.74, 6) is 0.519. The number of aromatic nitrogens is 1. The molecule has 0 aliphatic heterocycles. The van der Waals surface area contributed by atoms with E-state index in [1.54, 1.807) is 0 Å². The van der Waals surface area contributed by atoms with E-state index in [-0.39, 0.29) is 0 Å². The van der Waals surface area contributed by atoms with Gasteiger partial charge in [0.05, 0.1) is 0 Å². The van der Waals surface area contributed by atoms with E-state index in [4.69, 9.17) is 11.5 Å². The quantitative estimate of drug-likeness (QED) is 0.290. The summed E-state index contributed by atoms with van der Waals surface area (Å²) in [5, 5.41) is 2.72. The van der Waals surface area contributed by atoms with Crippen LogP contribution in [0.4, 0.5) is 11.4 Å². The maximum Gasteiger partial charge on any atom is 0.0493 e. The van der Waals surface area contributed by atoms with Crippen LogP contribution in [-0.2, 0) is 0 Å². The first kappa shape index (κ1) is 19.9. The number of rotatable bonds is 3. The van der Waals surface area contributed by atoms with Crippen LogP contribution < -0.4 is 11.5 Å². The van der Waals surface area contributed by atoms with Gasteiger partial charge in [0.15, 0.2) is 0 Å². The van der Waals surface area contributed by atoms with Crippen molar-refractivity contribution in [2.45, 2.75) is 37.6 Å². The van der Waals surface area contributed by atoms with E-state index in [2.05, 4.69) is 77.4 Å². The van der Waals surface area contributed by atoms with Crippen molar-refractivity contribution in [3.8, 4) is 11.1 Å². The van der Waals surface area contributed by atoms with E-state index in [0.717, 1.165) is 24.2 Å². The molecule has 164 valence electrons. The van der Waals surface area contributed by atoms with E-state index >= 15 is 0 Å². The third-order valence-electron chi connectivity index (χ3n) is 7.42. The zero-order valence-electron chi connectivity index (χ0n) is 18.7. The van der Waals surface area contributed by atoms with Gasteiger partial charge in [-0.05, 0) is 84.7 Å². The lowest BCUT2D eigenvalue weighted by Crippen LogP contribution is -2.17. The van der Waals surface area contributed by atoms with Crippen molar-refractivity contribution in [2.24, 2.45) is 0 Å². The number of para-hydroxylation sites is 2. The third-order valence-corrected chi connectivity index (χ3v) is 7.42. The topological polar surface area (TPSA) is 57.0 Å². The standard InChI is InChI=1S/C30H29N3/c31-22-13-9-20(10-14-22)25-18-15-23(32)19-28(25)21-11-16-24(17-12-21)33-29-7-3-1-5-26(29)27-6-2-4-8-30(27)33/h1-10,13-15,18-19,21,24H,11-12,16-17,31-32H2. The second kappa shape index (κ2) is 8.00. The molecule has 5 aromatic rings. The number of nitrogens with zero attached hydrogens (tertiary/aromatic N) is 1. The van der Waals surface area contributed by atoms with E-state index in [0.29, 0.717) is 12.0 Å². The van der Waals surface area contributed by atoms with Crippen molar-refractivity contribution in [2.75, 3.05) is 11.5 Å². The first-order valence-electron chi connectivity index (χ1n) is 11.9. The van der Waals surface area contributed by atoms with Crippen LogP contribution in [0.1, 0.15) is 43.2 Å². The molecule has 0 unspecified atom stereocenters. The number of nitrogen functional groups attached to an aromatic ring is 2. The average Bonchev–Trinajstić information content (AvgIpc) is 3.19. The molecule has 1 aliphatic carbocycles. The molecule has 3 heteroatoms. The Morgan fingerprint density at radius 1 is 0.606 bits per heavy atom. The van der Waals surface area contributed by atoms with Crippen LogP contribution in [0.2, 0.25) is 0 Å². The molecule has 0 amide bonds. The van der Waals surface area contributed by atoms with Crippen LogP contribution in [0.5, 0.6) is 0 Å². The van der Waals surface area contributed by atoms with Gasteiger partial charge in [0, 0.05) is 39.2 Å². The summed E-state index contributed by atoms with van der Waals surface area (Å²) in [4.78, 5) is 0. The van der Waals surface area contributed by atoms with Crippen LogP contribution >= 0.6 is 0 Å². The molecule has 1 saturated carbocycles. The molecule has 0 atom stereocenters. The first-order valence-corrected chi connectivity index (χ1v) is 11.9. The molecule has 1 aliphatic rings. The highest BCUT2D eigenvalue weighted by Gasteiger charge is 2.27. The van der Waals surface area contributed by atoms with Crippen LogP contribution in [0.3, 0.4) is 0 Å². The summed E-state index contributed by atoms with van der Waals surface area (Å²) in [5.41, 5.74) is 20.4. The van der Waals surface area contributed by atoms with Crippen molar-refractivity contribution in [1.29, 1.82) is 0 Å². The molecule has 4 N–H and O–H groups in total. The number of fused-ring (bicyclic) bond motifs is 3. The molecule has 0 radical (unpaired) electrons. The van der Waals surface area contributed by atoms with Crippen molar-refractivity contribution in [1.82, 2.24) is 4.57 Å². The Morgan fingerprint density at radius 2 is 1.18 bits per heavy atom. The fraction of sp³-hybridized carbons (Fsp3) is 0.200. The van der Waals surface area contributed by atoms with Crippen molar-refractivity contribution in [3.05, 3.63) is 96.6 Å². The van der Waals surface area contributed by atoms with Gasteiger partial charge in [-0.25, -0.2) is 0 Å². The van der Waals surface area contributed by atoms with Crippen molar-refractivity contribution in [3.63, 3.8) is 0 Å². The van der Waals surface area contributed by atoms with Gasteiger partial charge in [0.1, 0.15) is 0 Å². The normalized spacial score (nSPS) is 18.7. The minimum Gasteiger partial charge on any atom is -0.399 e. The molecular weight excluding hydrogens is 402 g/mol. The lowest BCUT2D eigenvalue weighted by molar-refractivity contribution is 0.335.